The van der Waals surface area contributed by atoms with Gasteiger partial charge >= 0.3 is 0 Å². The maximum Gasteiger partial charge on any atom is 0.273 e. The number of hydrogen-bond donors (Lipinski definition) is 1. The Morgan fingerprint density at radius 2 is 1.83 bits per heavy atom. The highest BCUT2D eigenvalue weighted by Gasteiger charge is 2.13. The van der Waals surface area contributed by atoms with Gasteiger partial charge in [0.05, 0.1) is 28.5 Å². The number of carbonyl (C=O) groups is 1. The van der Waals surface area contributed by atoms with Crippen LogP contribution in [0, 0.1) is 6.92 Å². The summed E-state index contributed by atoms with van der Waals surface area (Å²) in [4.78, 5) is 12.8. The zero-order chi connectivity index (χ0) is 24.6. The number of nitrogens with zero attached hydrogens (tertiary/aromatic N) is 2. The minimum atomic E-state index is -0.298. The third-order valence-corrected chi connectivity index (χ3v) is 5.80. The molecule has 0 atom stereocenters. The molecule has 0 fully saturated rings. The number of hydrogen-bond acceptors (Lipinski definition) is 4. The maximum atomic E-state index is 12.8. The summed E-state index contributed by atoms with van der Waals surface area (Å²) in [5, 5.41) is 4.16. The van der Waals surface area contributed by atoms with E-state index < -0.39 is 0 Å². The van der Waals surface area contributed by atoms with Gasteiger partial charge < -0.3 is 14.0 Å². The van der Waals surface area contributed by atoms with Gasteiger partial charge in [-0.05, 0) is 77.3 Å². The molecule has 0 saturated carbocycles. The predicted molar refractivity (Wildman–Crippen MR) is 142 cm³/mol. The van der Waals surface area contributed by atoms with Crippen LogP contribution in [0.1, 0.15) is 34.0 Å². The lowest BCUT2D eigenvalue weighted by atomic mass is 10.1. The third-order valence-electron chi connectivity index (χ3n) is 5.21. The van der Waals surface area contributed by atoms with Crippen LogP contribution >= 0.6 is 15.9 Å². The number of aryl methyl sites for hydroxylation is 1. The van der Waals surface area contributed by atoms with Crippen LogP contribution < -0.4 is 14.9 Å². The van der Waals surface area contributed by atoms with Crippen LogP contribution in [0.5, 0.6) is 11.5 Å². The second-order valence-electron chi connectivity index (χ2n) is 7.85. The molecule has 0 saturated heterocycles. The van der Waals surface area contributed by atoms with Crippen molar-refractivity contribution in [3.63, 3.8) is 0 Å². The minimum Gasteiger partial charge on any atom is -0.490 e. The summed E-state index contributed by atoms with van der Waals surface area (Å²) in [6.07, 6.45) is 5.36. The van der Waals surface area contributed by atoms with Crippen LogP contribution in [-0.2, 0) is 6.61 Å². The van der Waals surface area contributed by atoms with E-state index in [2.05, 4.69) is 45.5 Å². The summed E-state index contributed by atoms with van der Waals surface area (Å²) < 4.78 is 14.5. The number of hydrazone groups is 1. The molecule has 0 aliphatic rings. The van der Waals surface area contributed by atoms with E-state index in [4.69, 9.17) is 9.47 Å². The number of para-hydroxylation sites is 1. The van der Waals surface area contributed by atoms with E-state index in [9.17, 15) is 4.79 Å². The van der Waals surface area contributed by atoms with Gasteiger partial charge in [-0.2, -0.15) is 5.10 Å². The van der Waals surface area contributed by atoms with E-state index in [0.29, 0.717) is 30.3 Å². The molecule has 1 aromatic heterocycles. The van der Waals surface area contributed by atoms with Crippen LogP contribution in [-0.4, -0.2) is 23.3 Å². The normalized spacial score (nSPS) is 10.9. The lowest BCUT2D eigenvalue weighted by molar-refractivity contribution is 0.0955. The minimum absolute atomic E-state index is 0.298. The number of benzene rings is 3. The number of rotatable bonds is 9. The molecule has 4 aromatic rings. The molecule has 1 amide bonds. The zero-order valence-corrected chi connectivity index (χ0v) is 21.2. The smallest absolute Gasteiger partial charge is 0.273 e. The fourth-order valence-corrected chi connectivity index (χ4v) is 4.21. The van der Waals surface area contributed by atoms with Gasteiger partial charge in [-0.15, -0.1) is 0 Å². The van der Waals surface area contributed by atoms with Crippen molar-refractivity contribution in [2.24, 2.45) is 5.10 Å². The first-order chi connectivity index (χ1) is 17.0. The van der Waals surface area contributed by atoms with E-state index in [-0.39, 0.29) is 5.91 Å². The van der Waals surface area contributed by atoms with Gasteiger partial charge in [0.2, 0.25) is 0 Å². The quantitative estimate of drug-likeness (QED) is 0.204. The number of amides is 1. The maximum absolute atomic E-state index is 12.8. The van der Waals surface area contributed by atoms with E-state index in [0.717, 1.165) is 21.3 Å². The highest BCUT2D eigenvalue weighted by atomic mass is 79.9. The van der Waals surface area contributed by atoms with Crippen LogP contribution in [0.15, 0.2) is 94.8 Å². The van der Waals surface area contributed by atoms with E-state index >= 15 is 0 Å². The molecule has 0 aliphatic heterocycles. The molecule has 1 N–H and O–H groups in total. The summed E-state index contributed by atoms with van der Waals surface area (Å²) in [6.45, 7) is 4.88. The molecule has 178 valence electrons. The largest absolute Gasteiger partial charge is 0.490 e. The number of ether oxygens (including phenoxy) is 2. The molecule has 3 aromatic carbocycles. The number of carbonyl (C=O) groups excluding carboxylic acids is 1. The Hall–Kier alpha value is -3.84. The second kappa shape index (κ2) is 11.5. The van der Waals surface area contributed by atoms with E-state index in [1.54, 1.807) is 12.3 Å². The molecule has 35 heavy (non-hydrogen) atoms. The summed E-state index contributed by atoms with van der Waals surface area (Å²) >= 11 is 3.59. The monoisotopic (exact) mass is 531 g/mol. The summed E-state index contributed by atoms with van der Waals surface area (Å²) in [5.41, 5.74) is 6.93. The van der Waals surface area contributed by atoms with E-state index in [1.165, 1.54) is 5.56 Å². The van der Waals surface area contributed by atoms with Gasteiger partial charge in [0.15, 0.2) is 11.5 Å². The first-order valence-electron chi connectivity index (χ1n) is 11.3. The fourth-order valence-electron chi connectivity index (χ4n) is 3.63. The molecule has 4 rings (SSSR count). The van der Waals surface area contributed by atoms with Crippen LogP contribution in [0.2, 0.25) is 0 Å². The van der Waals surface area contributed by atoms with Gasteiger partial charge in [-0.1, -0.05) is 42.0 Å². The van der Waals surface area contributed by atoms with Crippen molar-refractivity contribution in [2.75, 3.05) is 6.61 Å². The van der Waals surface area contributed by atoms with Crippen molar-refractivity contribution in [1.29, 1.82) is 0 Å². The number of aromatic nitrogens is 1. The lowest BCUT2D eigenvalue weighted by Crippen LogP contribution is -2.19. The Morgan fingerprint density at radius 3 is 2.60 bits per heavy atom. The third kappa shape index (κ3) is 6.19. The molecular weight excluding hydrogens is 506 g/mol. The molecular formula is C28H26BrN3O3. The van der Waals surface area contributed by atoms with Gasteiger partial charge in [0.25, 0.3) is 5.91 Å². The molecule has 0 unspecified atom stereocenters. The van der Waals surface area contributed by atoms with Gasteiger partial charge in [0.1, 0.15) is 6.61 Å². The molecule has 1 heterocycles. The van der Waals surface area contributed by atoms with E-state index in [1.807, 2.05) is 78.5 Å². The topological polar surface area (TPSA) is 64.8 Å². The van der Waals surface area contributed by atoms with Crippen molar-refractivity contribution in [3.05, 3.63) is 112 Å². The van der Waals surface area contributed by atoms with Crippen molar-refractivity contribution >= 4 is 28.1 Å². The zero-order valence-electron chi connectivity index (χ0n) is 19.6. The number of nitrogens with one attached hydrogen (secondary N) is 1. The lowest BCUT2D eigenvalue weighted by Gasteiger charge is -2.15. The molecule has 0 bridgehead atoms. The van der Waals surface area contributed by atoms with Crippen molar-refractivity contribution in [2.45, 2.75) is 20.5 Å². The van der Waals surface area contributed by atoms with Crippen LogP contribution in [0.4, 0.5) is 0 Å². The summed E-state index contributed by atoms with van der Waals surface area (Å²) in [5.74, 6) is 0.920. The van der Waals surface area contributed by atoms with Gasteiger partial charge in [-0.3, -0.25) is 4.79 Å². The Kier molecular flexibility index (Phi) is 8.00. The SMILES string of the molecule is CCOc1cc(C=NNC(=O)c2ccccc2-n2cccc2)cc(Br)c1OCc1cccc(C)c1. The Bertz CT molecular complexity index is 1330. The highest BCUT2D eigenvalue weighted by molar-refractivity contribution is 9.10. The molecule has 7 heteroatoms. The molecule has 0 radical (unpaired) electrons. The van der Waals surface area contributed by atoms with Gasteiger partial charge in [-0.25, -0.2) is 5.43 Å². The molecule has 0 spiro atoms. The number of halogens is 1. The second-order valence-corrected chi connectivity index (χ2v) is 8.70. The summed E-state index contributed by atoms with van der Waals surface area (Å²) in [7, 11) is 0. The molecule has 0 aliphatic carbocycles. The fraction of sp³-hybridized carbons (Fsp3) is 0.143. The first-order valence-corrected chi connectivity index (χ1v) is 12.0. The Balaban J connectivity index is 1.48. The average molecular weight is 532 g/mol. The summed E-state index contributed by atoms with van der Waals surface area (Å²) in [6, 6.07) is 23.1. The Morgan fingerprint density at radius 1 is 1.03 bits per heavy atom. The van der Waals surface area contributed by atoms with Crippen molar-refractivity contribution in [3.8, 4) is 17.2 Å². The van der Waals surface area contributed by atoms with Gasteiger partial charge in [0, 0.05) is 12.4 Å². The standard InChI is InChI=1S/C28H26BrN3O3/c1-3-34-26-17-22(16-24(29)27(26)35-19-21-10-8-9-20(2)15-21)18-30-31-28(33)23-11-4-5-12-25(23)32-13-6-7-14-32/h4-18H,3,19H2,1-2H3,(H,31,33). The van der Waals surface area contributed by atoms with Crippen molar-refractivity contribution in [1.82, 2.24) is 9.99 Å². The Labute approximate surface area is 213 Å². The predicted octanol–water partition coefficient (Wildman–Crippen LogP) is 6.29. The first kappa shape index (κ1) is 24.3. The van der Waals surface area contributed by atoms with Crippen molar-refractivity contribution < 1.29 is 14.3 Å². The molecule has 6 nitrogen and oxygen atoms in total. The average Bonchev–Trinajstić information content (AvgIpc) is 3.39. The van der Waals surface area contributed by atoms with Crippen LogP contribution in [0.3, 0.4) is 0 Å². The highest BCUT2D eigenvalue weighted by Crippen LogP contribution is 2.37. The van der Waals surface area contributed by atoms with Crippen LogP contribution in [0.25, 0.3) is 5.69 Å².